The Bertz CT molecular complexity index is 942. The van der Waals surface area contributed by atoms with Crippen LogP contribution < -0.4 is 15.2 Å². The van der Waals surface area contributed by atoms with Gasteiger partial charge >= 0.3 is 0 Å². The van der Waals surface area contributed by atoms with Gasteiger partial charge in [-0.25, -0.2) is 0 Å². The van der Waals surface area contributed by atoms with Crippen LogP contribution in [0.4, 0.5) is 22.7 Å². The summed E-state index contributed by atoms with van der Waals surface area (Å²) >= 11 is 3.41. The van der Waals surface area contributed by atoms with Crippen molar-refractivity contribution in [2.24, 2.45) is 5.10 Å². The van der Waals surface area contributed by atoms with Crippen LogP contribution in [0.5, 0.6) is 0 Å². The molecule has 2 aliphatic heterocycles. The van der Waals surface area contributed by atoms with E-state index in [1.165, 1.54) is 0 Å². The summed E-state index contributed by atoms with van der Waals surface area (Å²) in [5.74, 6) is 0. The topological polar surface area (TPSA) is 92.5 Å². The maximum Gasteiger partial charge on any atom is 0.293 e. The van der Waals surface area contributed by atoms with Crippen molar-refractivity contribution in [2.75, 3.05) is 67.8 Å². The normalized spacial score (nSPS) is 17.2. The van der Waals surface area contributed by atoms with Gasteiger partial charge in [0.1, 0.15) is 5.69 Å². The zero-order valence-electron chi connectivity index (χ0n) is 17.0. The standard InChI is InChI=1S/C21H24BrN5O4/c22-17-1-3-18(4-2-17)24-23-15-16-13-21(27(28)29)20(26-7-11-31-12-8-26)14-19(16)25-5-9-30-10-6-25/h1-4,13-15,24H,5-12H2. The fourth-order valence-corrected chi connectivity index (χ4v) is 3.93. The van der Waals surface area contributed by atoms with Gasteiger partial charge in [0.05, 0.1) is 43.3 Å². The Kier molecular flexibility index (Phi) is 7.00. The van der Waals surface area contributed by atoms with Gasteiger partial charge in [0.15, 0.2) is 0 Å². The van der Waals surface area contributed by atoms with E-state index in [1.807, 2.05) is 35.2 Å². The van der Waals surface area contributed by atoms with E-state index in [0.717, 1.165) is 28.9 Å². The van der Waals surface area contributed by atoms with Crippen LogP contribution in [0.1, 0.15) is 5.56 Å². The number of morpholine rings is 2. The molecule has 2 aromatic carbocycles. The van der Waals surface area contributed by atoms with Gasteiger partial charge in [-0.1, -0.05) is 15.9 Å². The number of hydrogen-bond donors (Lipinski definition) is 1. The highest BCUT2D eigenvalue weighted by atomic mass is 79.9. The van der Waals surface area contributed by atoms with Crippen molar-refractivity contribution >= 4 is 44.9 Å². The summed E-state index contributed by atoms with van der Waals surface area (Å²) in [7, 11) is 0. The predicted molar refractivity (Wildman–Crippen MR) is 125 cm³/mol. The zero-order chi connectivity index (χ0) is 21.6. The molecule has 2 aliphatic rings. The first-order valence-corrected chi connectivity index (χ1v) is 10.9. The number of nitrogens with one attached hydrogen (secondary N) is 1. The van der Waals surface area contributed by atoms with E-state index >= 15 is 0 Å². The minimum atomic E-state index is -0.326. The van der Waals surface area contributed by atoms with Crippen LogP contribution in [0.2, 0.25) is 0 Å². The molecule has 0 aliphatic carbocycles. The second-order valence-corrected chi connectivity index (χ2v) is 8.15. The SMILES string of the molecule is O=[N+]([O-])c1cc(C=NNc2ccc(Br)cc2)c(N2CCOCC2)cc1N1CCOCC1. The lowest BCUT2D eigenvalue weighted by Gasteiger charge is -2.33. The van der Waals surface area contributed by atoms with Gasteiger partial charge in [0.2, 0.25) is 0 Å². The van der Waals surface area contributed by atoms with Crippen molar-refractivity contribution in [2.45, 2.75) is 0 Å². The first kappa shape index (κ1) is 21.5. The Morgan fingerprint density at radius 2 is 1.55 bits per heavy atom. The Morgan fingerprint density at radius 3 is 2.13 bits per heavy atom. The van der Waals surface area contributed by atoms with Crippen molar-refractivity contribution in [3.05, 3.63) is 56.5 Å². The van der Waals surface area contributed by atoms with Crippen molar-refractivity contribution < 1.29 is 14.4 Å². The van der Waals surface area contributed by atoms with Gasteiger partial charge in [-0.3, -0.25) is 15.5 Å². The molecular formula is C21H24BrN5O4. The highest BCUT2D eigenvalue weighted by Gasteiger charge is 2.26. The monoisotopic (exact) mass is 489 g/mol. The Balaban J connectivity index is 1.68. The number of nitro groups is 1. The molecule has 2 aromatic rings. The number of halogens is 1. The third kappa shape index (κ3) is 5.33. The molecule has 4 rings (SSSR count). The van der Waals surface area contributed by atoms with Crippen LogP contribution >= 0.6 is 15.9 Å². The van der Waals surface area contributed by atoms with Crippen LogP contribution in [0, 0.1) is 10.1 Å². The summed E-state index contributed by atoms with van der Waals surface area (Å²) in [6.45, 7) is 5.07. The quantitative estimate of drug-likeness (QED) is 0.377. The molecule has 0 radical (unpaired) electrons. The van der Waals surface area contributed by atoms with E-state index in [9.17, 15) is 10.1 Å². The summed E-state index contributed by atoms with van der Waals surface area (Å²) in [5.41, 5.74) is 6.11. The summed E-state index contributed by atoms with van der Waals surface area (Å²) in [6.07, 6.45) is 1.64. The van der Waals surface area contributed by atoms with Gasteiger partial charge in [0.25, 0.3) is 5.69 Å². The Morgan fingerprint density at radius 1 is 0.968 bits per heavy atom. The maximum atomic E-state index is 11.9. The average Bonchev–Trinajstić information content (AvgIpc) is 2.81. The molecule has 0 amide bonds. The number of nitrogens with zero attached hydrogens (tertiary/aromatic N) is 4. The maximum absolute atomic E-state index is 11.9. The fraction of sp³-hybridized carbons (Fsp3) is 0.381. The molecule has 1 N–H and O–H groups in total. The lowest BCUT2D eigenvalue weighted by atomic mass is 10.1. The van der Waals surface area contributed by atoms with Crippen molar-refractivity contribution in [3.63, 3.8) is 0 Å². The number of ether oxygens (including phenoxy) is 2. The van der Waals surface area contributed by atoms with E-state index in [1.54, 1.807) is 12.3 Å². The van der Waals surface area contributed by atoms with Gasteiger partial charge in [-0.2, -0.15) is 5.10 Å². The molecule has 0 atom stereocenters. The van der Waals surface area contributed by atoms with Crippen LogP contribution in [0.3, 0.4) is 0 Å². The van der Waals surface area contributed by atoms with Crippen molar-refractivity contribution in [1.82, 2.24) is 0 Å². The number of hydrazone groups is 1. The van der Waals surface area contributed by atoms with E-state index in [0.29, 0.717) is 50.8 Å². The smallest absolute Gasteiger partial charge is 0.293 e. The Hall–Kier alpha value is -2.69. The third-order valence-electron chi connectivity index (χ3n) is 5.27. The molecular weight excluding hydrogens is 466 g/mol. The van der Waals surface area contributed by atoms with Crippen molar-refractivity contribution in [1.29, 1.82) is 0 Å². The van der Waals surface area contributed by atoms with Gasteiger partial charge < -0.3 is 19.3 Å². The van der Waals surface area contributed by atoms with Gasteiger partial charge in [0, 0.05) is 48.0 Å². The average molecular weight is 490 g/mol. The second-order valence-electron chi connectivity index (χ2n) is 7.23. The van der Waals surface area contributed by atoms with Gasteiger partial charge in [-0.05, 0) is 30.3 Å². The number of benzene rings is 2. The molecule has 0 saturated carbocycles. The summed E-state index contributed by atoms with van der Waals surface area (Å²) in [4.78, 5) is 15.8. The summed E-state index contributed by atoms with van der Waals surface area (Å²) < 4.78 is 11.9. The van der Waals surface area contributed by atoms with Crippen molar-refractivity contribution in [3.8, 4) is 0 Å². The summed E-state index contributed by atoms with van der Waals surface area (Å²) in [5, 5.41) is 16.2. The van der Waals surface area contributed by atoms with Crippen LogP contribution in [0.25, 0.3) is 0 Å². The molecule has 9 nitrogen and oxygen atoms in total. The highest BCUT2D eigenvalue weighted by molar-refractivity contribution is 9.10. The van der Waals surface area contributed by atoms with Gasteiger partial charge in [-0.15, -0.1) is 0 Å². The zero-order valence-corrected chi connectivity index (χ0v) is 18.6. The summed E-state index contributed by atoms with van der Waals surface area (Å²) in [6, 6.07) is 11.2. The Labute approximate surface area is 188 Å². The van der Waals surface area contributed by atoms with E-state index in [2.05, 4.69) is 31.4 Å². The fourth-order valence-electron chi connectivity index (χ4n) is 3.67. The van der Waals surface area contributed by atoms with E-state index < -0.39 is 0 Å². The first-order valence-electron chi connectivity index (χ1n) is 10.1. The lowest BCUT2D eigenvalue weighted by Crippen LogP contribution is -2.38. The molecule has 164 valence electrons. The molecule has 2 saturated heterocycles. The van der Waals surface area contributed by atoms with Crippen LogP contribution in [-0.4, -0.2) is 63.7 Å². The molecule has 0 bridgehead atoms. The molecule has 2 fully saturated rings. The number of rotatable bonds is 6. The predicted octanol–water partition coefficient (Wildman–Crippen LogP) is 3.48. The van der Waals surface area contributed by atoms with E-state index in [4.69, 9.17) is 9.47 Å². The lowest BCUT2D eigenvalue weighted by molar-refractivity contribution is -0.384. The van der Waals surface area contributed by atoms with Crippen LogP contribution in [0.15, 0.2) is 46.0 Å². The largest absolute Gasteiger partial charge is 0.378 e. The third-order valence-corrected chi connectivity index (χ3v) is 5.79. The van der Waals surface area contributed by atoms with E-state index in [-0.39, 0.29) is 10.6 Å². The molecule has 0 aromatic heterocycles. The molecule has 31 heavy (non-hydrogen) atoms. The van der Waals surface area contributed by atoms with Crippen LogP contribution in [-0.2, 0) is 9.47 Å². The first-order chi connectivity index (χ1) is 15.1. The number of nitro benzene ring substituents is 1. The second kappa shape index (κ2) is 10.1. The molecule has 2 heterocycles. The molecule has 0 unspecified atom stereocenters. The highest BCUT2D eigenvalue weighted by Crippen LogP contribution is 2.36. The molecule has 0 spiro atoms. The minimum Gasteiger partial charge on any atom is -0.378 e. The minimum absolute atomic E-state index is 0.0731. The number of hydrogen-bond acceptors (Lipinski definition) is 8. The molecule has 10 heteroatoms. The number of anilines is 3.